The molecule has 1 fully saturated rings. The molecule has 0 aliphatic heterocycles. The van der Waals surface area contributed by atoms with Crippen LogP contribution in [0.15, 0.2) is 12.1 Å². The predicted molar refractivity (Wildman–Crippen MR) is 71.9 cm³/mol. The zero-order valence-electron chi connectivity index (χ0n) is 11.3. The maximum Gasteiger partial charge on any atom is 0.433 e. The van der Waals surface area contributed by atoms with Crippen molar-refractivity contribution >= 4 is 11.7 Å². The lowest BCUT2D eigenvalue weighted by molar-refractivity contribution is -0.141. The Labute approximate surface area is 120 Å². The van der Waals surface area contributed by atoms with Crippen molar-refractivity contribution in [1.29, 1.82) is 0 Å². The maximum atomic E-state index is 12.6. The molecule has 0 spiro atoms. The van der Waals surface area contributed by atoms with Crippen LogP contribution in [0.3, 0.4) is 0 Å². The molecule has 1 aromatic heterocycles. The first kappa shape index (κ1) is 15.6. The topological polar surface area (TPSA) is 80.0 Å². The van der Waals surface area contributed by atoms with E-state index in [0.717, 1.165) is 18.7 Å². The molecular formula is C13H17F3N4O. The lowest BCUT2D eigenvalue weighted by atomic mass is 10.2. The minimum atomic E-state index is -4.56. The van der Waals surface area contributed by atoms with Gasteiger partial charge in [-0.05, 0) is 37.9 Å². The summed E-state index contributed by atoms with van der Waals surface area (Å²) >= 11 is 0. The quantitative estimate of drug-likeness (QED) is 0.670. The summed E-state index contributed by atoms with van der Waals surface area (Å²) in [4.78, 5) is 14.7. The monoisotopic (exact) mass is 302 g/mol. The number of aromatic nitrogens is 1. The highest BCUT2D eigenvalue weighted by atomic mass is 19.4. The Morgan fingerprint density at radius 1 is 1.33 bits per heavy atom. The van der Waals surface area contributed by atoms with Gasteiger partial charge >= 0.3 is 6.18 Å². The molecule has 4 N–H and O–H groups in total. The normalized spacial score (nSPS) is 15.0. The molecule has 1 heterocycles. The van der Waals surface area contributed by atoms with Crippen LogP contribution in [0.1, 0.15) is 35.3 Å². The fourth-order valence-corrected chi connectivity index (χ4v) is 1.84. The second kappa shape index (κ2) is 6.30. The Kier molecular flexibility index (Phi) is 4.66. The van der Waals surface area contributed by atoms with Gasteiger partial charge in [-0.25, -0.2) is 4.98 Å². The number of hydrogen-bond donors (Lipinski definition) is 3. The van der Waals surface area contributed by atoms with Gasteiger partial charge in [0.15, 0.2) is 0 Å². The summed E-state index contributed by atoms with van der Waals surface area (Å²) in [7, 11) is 0. The third-order valence-electron chi connectivity index (χ3n) is 3.11. The first-order valence-electron chi connectivity index (χ1n) is 6.73. The number of carbonyl (C=O) groups excluding carboxylic acids is 1. The standard InChI is InChI=1S/C13H17F3N4O/c14-13(15,16)10-5-4-9(11(17)21)12(20-10)19-7-1-6-18-8-2-3-8/h4-5,8,18H,1-3,6-7H2,(H2,17,21)(H,19,20). The van der Waals surface area contributed by atoms with Crippen molar-refractivity contribution in [2.75, 3.05) is 18.4 Å². The number of pyridine rings is 1. The van der Waals surface area contributed by atoms with Gasteiger partial charge in [0, 0.05) is 12.6 Å². The highest BCUT2D eigenvalue weighted by molar-refractivity contribution is 5.97. The van der Waals surface area contributed by atoms with E-state index in [1.165, 1.54) is 12.8 Å². The van der Waals surface area contributed by atoms with Gasteiger partial charge in [-0.2, -0.15) is 13.2 Å². The van der Waals surface area contributed by atoms with Crippen molar-refractivity contribution in [2.24, 2.45) is 5.73 Å². The second-order valence-corrected chi connectivity index (χ2v) is 4.96. The molecule has 0 aromatic carbocycles. The first-order valence-corrected chi connectivity index (χ1v) is 6.73. The summed E-state index contributed by atoms with van der Waals surface area (Å²) in [5, 5.41) is 6.03. The molecule has 0 bridgehead atoms. The number of nitrogens with two attached hydrogens (primary N) is 1. The molecule has 21 heavy (non-hydrogen) atoms. The van der Waals surface area contributed by atoms with Gasteiger partial charge in [0.1, 0.15) is 11.5 Å². The lowest BCUT2D eigenvalue weighted by Gasteiger charge is -2.12. The van der Waals surface area contributed by atoms with Gasteiger partial charge in [0.2, 0.25) is 0 Å². The van der Waals surface area contributed by atoms with Gasteiger partial charge in [-0.3, -0.25) is 4.79 Å². The molecular weight excluding hydrogens is 285 g/mol. The highest BCUT2D eigenvalue weighted by Gasteiger charge is 2.33. The highest BCUT2D eigenvalue weighted by Crippen LogP contribution is 2.29. The Hall–Kier alpha value is -1.83. The van der Waals surface area contributed by atoms with E-state index in [1.807, 2.05) is 0 Å². The second-order valence-electron chi connectivity index (χ2n) is 4.96. The third-order valence-corrected chi connectivity index (χ3v) is 3.11. The van der Waals surface area contributed by atoms with Crippen molar-refractivity contribution in [2.45, 2.75) is 31.5 Å². The predicted octanol–water partition coefficient (Wildman–Crippen LogP) is 1.75. The van der Waals surface area contributed by atoms with Gasteiger partial charge in [0.05, 0.1) is 5.56 Å². The Bertz CT molecular complexity index is 515. The van der Waals surface area contributed by atoms with Crippen LogP contribution in [0.25, 0.3) is 0 Å². The number of carbonyl (C=O) groups is 1. The fraction of sp³-hybridized carbons (Fsp3) is 0.538. The van der Waals surface area contributed by atoms with Crippen molar-refractivity contribution in [1.82, 2.24) is 10.3 Å². The lowest BCUT2D eigenvalue weighted by Crippen LogP contribution is -2.22. The molecule has 1 amide bonds. The van der Waals surface area contributed by atoms with Crippen LogP contribution in [0.5, 0.6) is 0 Å². The Morgan fingerprint density at radius 3 is 2.62 bits per heavy atom. The molecule has 1 aliphatic carbocycles. The number of anilines is 1. The maximum absolute atomic E-state index is 12.6. The van der Waals surface area contributed by atoms with E-state index in [-0.39, 0.29) is 11.4 Å². The molecule has 1 aromatic rings. The number of primary amides is 1. The number of halogens is 3. The van der Waals surface area contributed by atoms with Gasteiger partial charge < -0.3 is 16.4 Å². The van der Waals surface area contributed by atoms with Crippen LogP contribution >= 0.6 is 0 Å². The molecule has 116 valence electrons. The third kappa shape index (κ3) is 4.59. The summed E-state index contributed by atoms with van der Waals surface area (Å²) < 4.78 is 37.9. The van der Waals surface area contributed by atoms with Gasteiger partial charge in [-0.15, -0.1) is 0 Å². The number of amides is 1. The van der Waals surface area contributed by atoms with E-state index >= 15 is 0 Å². The van der Waals surface area contributed by atoms with E-state index in [9.17, 15) is 18.0 Å². The smallest absolute Gasteiger partial charge is 0.369 e. The summed E-state index contributed by atoms with van der Waals surface area (Å²) in [5.41, 5.74) is 4.05. The molecule has 0 radical (unpaired) electrons. The van der Waals surface area contributed by atoms with Crippen molar-refractivity contribution in [3.05, 3.63) is 23.4 Å². The van der Waals surface area contributed by atoms with Gasteiger partial charge in [0.25, 0.3) is 5.91 Å². The average Bonchev–Trinajstić information content (AvgIpc) is 3.21. The minimum absolute atomic E-state index is 0.0434. The number of rotatable bonds is 7. The van der Waals surface area contributed by atoms with E-state index in [2.05, 4.69) is 15.6 Å². The van der Waals surface area contributed by atoms with Crippen molar-refractivity contribution in [3.63, 3.8) is 0 Å². The summed E-state index contributed by atoms with van der Waals surface area (Å²) in [6.07, 6.45) is -1.49. The number of alkyl halides is 3. The molecule has 5 nitrogen and oxygen atoms in total. The number of nitrogens with zero attached hydrogens (tertiary/aromatic N) is 1. The van der Waals surface area contributed by atoms with Crippen LogP contribution in [0.2, 0.25) is 0 Å². The zero-order chi connectivity index (χ0) is 15.5. The molecule has 1 saturated carbocycles. The zero-order valence-corrected chi connectivity index (χ0v) is 11.3. The van der Waals surface area contributed by atoms with Crippen molar-refractivity contribution < 1.29 is 18.0 Å². The molecule has 0 unspecified atom stereocenters. The molecule has 8 heteroatoms. The van der Waals surface area contributed by atoms with Crippen LogP contribution in [0, 0.1) is 0 Å². The molecule has 2 rings (SSSR count). The fourth-order valence-electron chi connectivity index (χ4n) is 1.84. The Balaban J connectivity index is 1.98. The first-order chi connectivity index (χ1) is 9.88. The molecule has 0 atom stereocenters. The molecule has 0 saturated heterocycles. The molecule has 1 aliphatic rings. The van der Waals surface area contributed by atoms with E-state index in [1.54, 1.807) is 0 Å². The van der Waals surface area contributed by atoms with Crippen LogP contribution in [-0.2, 0) is 6.18 Å². The summed E-state index contributed by atoms with van der Waals surface area (Å²) in [5.74, 6) is -0.932. The SMILES string of the molecule is NC(=O)c1ccc(C(F)(F)F)nc1NCCCNC1CC1. The van der Waals surface area contributed by atoms with E-state index in [0.29, 0.717) is 19.0 Å². The number of hydrogen-bond acceptors (Lipinski definition) is 4. The average molecular weight is 302 g/mol. The van der Waals surface area contributed by atoms with Crippen LogP contribution in [-0.4, -0.2) is 30.0 Å². The summed E-state index contributed by atoms with van der Waals surface area (Å²) in [6.45, 7) is 1.18. The van der Waals surface area contributed by atoms with Crippen LogP contribution in [0.4, 0.5) is 19.0 Å². The van der Waals surface area contributed by atoms with E-state index in [4.69, 9.17) is 5.73 Å². The van der Waals surface area contributed by atoms with E-state index < -0.39 is 17.8 Å². The Morgan fingerprint density at radius 2 is 2.05 bits per heavy atom. The number of nitrogens with one attached hydrogen (secondary N) is 2. The minimum Gasteiger partial charge on any atom is -0.369 e. The summed E-state index contributed by atoms with van der Waals surface area (Å²) in [6, 6.07) is 2.38. The van der Waals surface area contributed by atoms with Gasteiger partial charge in [-0.1, -0.05) is 0 Å². The largest absolute Gasteiger partial charge is 0.433 e. The van der Waals surface area contributed by atoms with Crippen LogP contribution < -0.4 is 16.4 Å². The van der Waals surface area contributed by atoms with Crippen molar-refractivity contribution in [3.8, 4) is 0 Å².